The quantitative estimate of drug-likeness (QED) is 0.139. The molecule has 0 atom stereocenters. The first-order valence-corrected chi connectivity index (χ1v) is 9.73. The minimum atomic E-state index is -4.58. The molecule has 0 aromatic heterocycles. The molecule has 0 saturated heterocycles. The van der Waals surface area contributed by atoms with Crippen LogP contribution in [0.4, 0.5) is 0 Å². The third-order valence-corrected chi connectivity index (χ3v) is 3.85. The molecule has 156 valence electrons. The molecule has 0 spiro atoms. The van der Waals surface area contributed by atoms with Crippen LogP contribution in [0.25, 0.3) is 0 Å². The second kappa shape index (κ2) is 12.8. The standard InChI is InChI=1S/C17H26O9S.Li.H/c1-6-7-8-17(9-24-14(18)12(2)3,10-25-15(19)13(4)5)16(20)26-11-27(21,22)23;;/h2,4,6-11H2,1,3,5H3,(H,21,22,23);;/q;+1;-1. The topological polar surface area (TPSA) is 133 Å². The Kier molecular flexibility index (Phi) is 13.1. The average Bonchev–Trinajstić information content (AvgIpc) is 2.57. The Morgan fingerprint density at radius 3 is 1.75 bits per heavy atom. The van der Waals surface area contributed by atoms with Crippen molar-refractivity contribution in [2.24, 2.45) is 5.41 Å². The number of esters is 3. The number of ether oxygens (including phenoxy) is 3. The molecule has 0 amide bonds. The summed E-state index contributed by atoms with van der Waals surface area (Å²) in [7, 11) is -4.58. The van der Waals surface area contributed by atoms with Crippen molar-refractivity contribution in [3.05, 3.63) is 24.3 Å². The molecule has 28 heavy (non-hydrogen) atoms. The van der Waals surface area contributed by atoms with Gasteiger partial charge in [-0.15, -0.1) is 0 Å². The molecule has 0 aliphatic rings. The van der Waals surface area contributed by atoms with Crippen LogP contribution in [0.15, 0.2) is 24.3 Å². The largest absolute Gasteiger partial charge is 1.00 e. The predicted molar refractivity (Wildman–Crippen MR) is 97.1 cm³/mol. The molecule has 11 heteroatoms. The second-order valence-corrected chi connectivity index (χ2v) is 7.63. The van der Waals surface area contributed by atoms with E-state index in [0.29, 0.717) is 12.8 Å². The van der Waals surface area contributed by atoms with Gasteiger partial charge in [-0.1, -0.05) is 32.9 Å². The Bertz CT molecular complexity index is 674. The maximum Gasteiger partial charge on any atom is 1.00 e. The number of unbranched alkanes of at least 4 members (excludes halogenated alkanes) is 1. The summed E-state index contributed by atoms with van der Waals surface area (Å²) in [5.74, 6) is -3.91. The van der Waals surface area contributed by atoms with Crippen LogP contribution in [-0.2, 0) is 38.7 Å². The molecular formula is C17H27LiO9S. The van der Waals surface area contributed by atoms with Crippen LogP contribution in [0.1, 0.15) is 41.5 Å². The van der Waals surface area contributed by atoms with E-state index >= 15 is 0 Å². The van der Waals surface area contributed by atoms with Crippen molar-refractivity contribution in [3.63, 3.8) is 0 Å². The van der Waals surface area contributed by atoms with Gasteiger partial charge < -0.3 is 15.6 Å². The van der Waals surface area contributed by atoms with E-state index in [1.54, 1.807) is 0 Å². The number of carbonyl (C=O) groups excluding carboxylic acids is 3. The van der Waals surface area contributed by atoms with Gasteiger partial charge in [0.2, 0.25) is 5.94 Å². The van der Waals surface area contributed by atoms with Gasteiger partial charge in [0.05, 0.1) is 0 Å². The Morgan fingerprint density at radius 2 is 1.43 bits per heavy atom. The van der Waals surface area contributed by atoms with Crippen molar-refractivity contribution in [2.75, 3.05) is 19.2 Å². The van der Waals surface area contributed by atoms with E-state index in [-0.39, 0.29) is 37.9 Å². The zero-order valence-corrected chi connectivity index (χ0v) is 17.6. The van der Waals surface area contributed by atoms with E-state index in [1.165, 1.54) is 13.8 Å². The Balaban J connectivity index is -0.00000338. The van der Waals surface area contributed by atoms with Crippen LogP contribution in [0.3, 0.4) is 0 Å². The molecular weight excluding hydrogens is 387 g/mol. The maximum absolute atomic E-state index is 12.6. The number of hydrogen-bond donors (Lipinski definition) is 1. The maximum atomic E-state index is 12.6. The second-order valence-electron chi connectivity index (χ2n) is 6.23. The molecule has 0 aliphatic heterocycles. The summed E-state index contributed by atoms with van der Waals surface area (Å²) in [5.41, 5.74) is -1.47. The molecule has 0 saturated carbocycles. The first-order valence-electron chi connectivity index (χ1n) is 8.12. The van der Waals surface area contributed by atoms with Crippen LogP contribution in [-0.4, -0.2) is 50.0 Å². The first-order chi connectivity index (χ1) is 12.3. The summed E-state index contributed by atoms with van der Waals surface area (Å²) in [5, 5.41) is 0. The number of hydrogen-bond acceptors (Lipinski definition) is 8. The summed E-state index contributed by atoms with van der Waals surface area (Å²) in [6.45, 7) is 10.5. The summed E-state index contributed by atoms with van der Waals surface area (Å²) < 4.78 is 45.3. The third-order valence-electron chi connectivity index (χ3n) is 3.44. The van der Waals surface area contributed by atoms with Gasteiger partial charge in [-0.3, -0.25) is 9.35 Å². The van der Waals surface area contributed by atoms with E-state index in [0.717, 1.165) is 0 Å². The van der Waals surface area contributed by atoms with Gasteiger partial charge in [-0.25, -0.2) is 9.59 Å². The fourth-order valence-electron chi connectivity index (χ4n) is 1.86. The smallest absolute Gasteiger partial charge is 1.00 e. The van der Waals surface area contributed by atoms with Crippen LogP contribution in [0, 0.1) is 5.41 Å². The molecule has 0 bridgehead atoms. The fourth-order valence-corrected chi connectivity index (χ4v) is 2.11. The van der Waals surface area contributed by atoms with Crippen LogP contribution in [0.5, 0.6) is 0 Å². The van der Waals surface area contributed by atoms with Gasteiger partial charge >= 0.3 is 46.9 Å². The number of carbonyl (C=O) groups is 3. The minimum Gasteiger partial charge on any atom is -1.00 e. The van der Waals surface area contributed by atoms with Gasteiger partial charge in [0.15, 0.2) is 0 Å². The van der Waals surface area contributed by atoms with Crippen molar-refractivity contribution in [2.45, 2.75) is 40.0 Å². The fraction of sp³-hybridized carbons (Fsp3) is 0.588. The van der Waals surface area contributed by atoms with E-state index in [2.05, 4.69) is 17.9 Å². The molecule has 1 N–H and O–H groups in total. The minimum absolute atomic E-state index is 0. The van der Waals surface area contributed by atoms with E-state index < -0.39 is 52.6 Å². The molecule has 9 nitrogen and oxygen atoms in total. The Hall–Kier alpha value is -1.60. The van der Waals surface area contributed by atoms with Crippen molar-refractivity contribution in [3.8, 4) is 0 Å². The van der Waals surface area contributed by atoms with Crippen LogP contribution >= 0.6 is 0 Å². The van der Waals surface area contributed by atoms with Crippen LogP contribution < -0.4 is 18.9 Å². The van der Waals surface area contributed by atoms with Gasteiger partial charge in [-0.05, 0) is 20.3 Å². The molecule has 0 rings (SSSR count). The van der Waals surface area contributed by atoms with E-state index in [4.69, 9.17) is 14.0 Å². The predicted octanol–water partition coefficient (Wildman–Crippen LogP) is -1.09. The first kappa shape index (κ1) is 28.6. The van der Waals surface area contributed by atoms with E-state index in [9.17, 15) is 22.8 Å². The van der Waals surface area contributed by atoms with Crippen molar-refractivity contribution >= 4 is 28.0 Å². The SMILES string of the molecule is C=C(C)C(=O)OCC(CCCC)(COC(=O)C(=C)C)C(=O)OCS(=O)(=O)O.[H-].[Li+]. The summed E-state index contributed by atoms with van der Waals surface area (Å²) in [6, 6.07) is 0. The zero-order valence-electron chi connectivity index (χ0n) is 17.8. The summed E-state index contributed by atoms with van der Waals surface area (Å²) in [6.07, 6.45) is 1.20. The molecule has 0 fully saturated rings. The Morgan fingerprint density at radius 1 is 1.00 bits per heavy atom. The molecule has 0 unspecified atom stereocenters. The van der Waals surface area contributed by atoms with Gasteiger partial charge in [0.25, 0.3) is 0 Å². The monoisotopic (exact) mass is 414 g/mol. The molecule has 0 radical (unpaired) electrons. The molecule has 0 aromatic carbocycles. The molecule has 0 aromatic rings. The number of rotatable bonds is 12. The van der Waals surface area contributed by atoms with Gasteiger partial charge in [-0.2, -0.15) is 8.42 Å². The molecule has 0 heterocycles. The van der Waals surface area contributed by atoms with Crippen LogP contribution in [0.2, 0.25) is 0 Å². The zero-order chi connectivity index (χ0) is 21.3. The van der Waals surface area contributed by atoms with Crippen molar-refractivity contribution in [1.82, 2.24) is 0 Å². The van der Waals surface area contributed by atoms with Crippen molar-refractivity contribution < 1.29 is 61.9 Å². The third kappa shape index (κ3) is 10.7. The summed E-state index contributed by atoms with van der Waals surface area (Å²) in [4.78, 5) is 36.0. The van der Waals surface area contributed by atoms with Gasteiger partial charge in [0, 0.05) is 11.1 Å². The van der Waals surface area contributed by atoms with Gasteiger partial charge in [0.1, 0.15) is 18.6 Å². The normalized spacial score (nSPS) is 11.0. The van der Waals surface area contributed by atoms with Crippen molar-refractivity contribution in [1.29, 1.82) is 0 Å². The summed E-state index contributed by atoms with van der Waals surface area (Å²) >= 11 is 0. The van der Waals surface area contributed by atoms with E-state index in [1.807, 2.05) is 6.92 Å². The molecule has 0 aliphatic carbocycles. The average molecular weight is 414 g/mol. The Labute approximate surface area is 178 Å².